The molecule has 11 nitrogen and oxygen atoms in total. The summed E-state index contributed by atoms with van der Waals surface area (Å²) in [6, 6.07) is 4.87. The molecule has 1 aliphatic rings. The molecule has 0 spiro atoms. The molecule has 3 amide bonds. The molecule has 36 heavy (non-hydrogen) atoms. The monoisotopic (exact) mass is 522 g/mol. The number of carboxylic acid groups (broad SMARTS) is 2. The van der Waals surface area contributed by atoms with Gasteiger partial charge in [0.15, 0.2) is 0 Å². The minimum absolute atomic E-state index is 0.0960. The van der Waals surface area contributed by atoms with E-state index in [-0.39, 0.29) is 19.3 Å². The summed E-state index contributed by atoms with van der Waals surface area (Å²) in [5.74, 6) is -3.37. The molecule has 0 aromatic heterocycles. The average molecular weight is 523 g/mol. The number of hydrogen-bond acceptors (Lipinski definition) is 7. The zero-order valence-electron chi connectivity index (χ0n) is 20.2. The predicted molar refractivity (Wildman–Crippen MR) is 134 cm³/mol. The summed E-state index contributed by atoms with van der Waals surface area (Å²) in [7, 11) is 0. The fourth-order valence-electron chi connectivity index (χ4n) is 4.00. The highest BCUT2D eigenvalue weighted by molar-refractivity contribution is 7.98. The highest BCUT2D eigenvalue weighted by Crippen LogP contribution is 2.20. The molecule has 4 unspecified atom stereocenters. The van der Waals surface area contributed by atoms with E-state index in [9.17, 15) is 29.1 Å². The van der Waals surface area contributed by atoms with E-state index in [1.165, 1.54) is 16.7 Å². The number of rotatable bonds is 14. The van der Waals surface area contributed by atoms with Gasteiger partial charge in [0.1, 0.15) is 18.1 Å². The number of carbonyl (C=O) groups is 5. The molecule has 0 radical (unpaired) electrons. The second kappa shape index (κ2) is 14.4. The van der Waals surface area contributed by atoms with Crippen LogP contribution >= 0.6 is 11.8 Å². The topological polar surface area (TPSA) is 179 Å². The first-order chi connectivity index (χ1) is 17.1. The van der Waals surface area contributed by atoms with Gasteiger partial charge in [0.05, 0.1) is 6.04 Å². The number of thioether (sulfide) groups is 1. The Hall–Kier alpha value is -3.12. The average Bonchev–Trinajstić information content (AvgIpc) is 3.35. The Morgan fingerprint density at radius 1 is 1.06 bits per heavy atom. The third kappa shape index (κ3) is 8.83. The van der Waals surface area contributed by atoms with Crippen LogP contribution in [0.4, 0.5) is 0 Å². The molecule has 1 aliphatic heterocycles. The zero-order chi connectivity index (χ0) is 26.7. The Kier molecular flexibility index (Phi) is 11.7. The van der Waals surface area contributed by atoms with E-state index in [0.717, 1.165) is 5.56 Å². The third-order valence-electron chi connectivity index (χ3n) is 5.97. The van der Waals surface area contributed by atoms with Crippen molar-refractivity contribution in [2.45, 2.75) is 62.7 Å². The van der Waals surface area contributed by atoms with Gasteiger partial charge in [-0.1, -0.05) is 30.3 Å². The number of carboxylic acids is 2. The maximum absolute atomic E-state index is 13.3. The first kappa shape index (κ1) is 29.1. The van der Waals surface area contributed by atoms with E-state index in [0.29, 0.717) is 31.6 Å². The van der Waals surface area contributed by atoms with Crippen LogP contribution in [0.25, 0.3) is 0 Å². The van der Waals surface area contributed by atoms with Crippen molar-refractivity contribution in [1.29, 1.82) is 0 Å². The lowest BCUT2D eigenvalue weighted by Crippen LogP contribution is -2.57. The van der Waals surface area contributed by atoms with Gasteiger partial charge in [-0.05, 0) is 43.3 Å². The number of nitrogens with zero attached hydrogens (tertiary/aromatic N) is 1. The molecule has 12 heteroatoms. The molecule has 1 aromatic rings. The minimum atomic E-state index is -1.12. The van der Waals surface area contributed by atoms with Crippen LogP contribution in [0, 0.1) is 0 Å². The summed E-state index contributed by atoms with van der Waals surface area (Å²) in [5.41, 5.74) is 6.58. The van der Waals surface area contributed by atoms with Crippen LogP contribution in [-0.4, -0.2) is 87.5 Å². The molecule has 2 rings (SSSR count). The van der Waals surface area contributed by atoms with E-state index >= 15 is 0 Å². The second-order valence-corrected chi connectivity index (χ2v) is 9.65. The molecule has 1 fully saturated rings. The molecule has 6 N–H and O–H groups in total. The molecule has 1 heterocycles. The van der Waals surface area contributed by atoms with Gasteiger partial charge < -0.3 is 31.5 Å². The van der Waals surface area contributed by atoms with Crippen molar-refractivity contribution in [3.63, 3.8) is 0 Å². The van der Waals surface area contributed by atoms with Gasteiger partial charge in [0.25, 0.3) is 0 Å². The standard InChI is InChI=1S/C24H34N4O7S/c1-36-13-11-17(23(33)28-12-5-8-19(28)24(34)35)26-22(32)18(14-15-6-3-2-4-7-15)27-21(31)16(25)9-10-20(29)30/h2-4,6-7,16-19H,5,8-14,25H2,1H3,(H,26,32)(H,27,31)(H,29,30)(H,34,35). The summed E-state index contributed by atoms with van der Waals surface area (Å²) >= 11 is 1.48. The van der Waals surface area contributed by atoms with Gasteiger partial charge in [-0.15, -0.1) is 0 Å². The predicted octanol–water partition coefficient (Wildman–Crippen LogP) is 0.220. The number of nitrogens with two attached hydrogens (primary N) is 1. The first-order valence-corrected chi connectivity index (χ1v) is 13.2. The number of aliphatic carboxylic acids is 2. The zero-order valence-corrected chi connectivity index (χ0v) is 21.0. The minimum Gasteiger partial charge on any atom is -0.481 e. The van der Waals surface area contributed by atoms with Crippen molar-refractivity contribution in [2.75, 3.05) is 18.6 Å². The van der Waals surface area contributed by atoms with Crippen molar-refractivity contribution in [1.82, 2.24) is 15.5 Å². The Balaban J connectivity index is 2.20. The molecule has 1 saturated heterocycles. The van der Waals surface area contributed by atoms with Crippen LogP contribution in [0.2, 0.25) is 0 Å². The maximum atomic E-state index is 13.3. The Morgan fingerprint density at radius 3 is 2.33 bits per heavy atom. The number of carbonyl (C=O) groups excluding carboxylic acids is 3. The van der Waals surface area contributed by atoms with Crippen LogP contribution < -0.4 is 16.4 Å². The summed E-state index contributed by atoms with van der Waals surface area (Å²) in [6.45, 7) is 0.296. The van der Waals surface area contributed by atoms with Gasteiger partial charge in [-0.25, -0.2) is 4.79 Å². The van der Waals surface area contributed by atoms with Crippen LogP contribution in [0.1, 0.15) is 37.7 Å². The quantitative estimate of drug-likeness (QED) is 0.228. The van der Waals surface area contributed by atoms with Crippen molar-refractivity contribution in [3.8, 4) is 0 Å². The maximum Gasteiger partial charge on any atom is 0.326 e. The summed E-state index contributed by atoms with van der Waals surface area (Å²) in [4.78, 5) is 62.9. The molecular formula is C24H34N4O7S. The Morgan fingerprint density at radius 2 is 1.72 bits per heavy atom. The van der Waals surface area contributed by atoms with Crippen molar-refractivity contribution >= 4 is 41.4 Å². The van der Waals surface area contributed by atoms with Crippen LogP contribution in [0.3, 0.4) is 0 Å². The smallest absolute Gasteiger partial charge is 0.326 e. The number of benzene rings is 1. The Bertz CT molecular complexity index is 930. The van der Waals surface area contributed by atoms with Crippen molar-refractivity contribution in [3.05, 3.63) is 35.9 Å². The summed E-state index contributed by atoms with van der Waals surface area (Å²) in [5, 5.41) is 23.6. The SMILES string of the molecule is CSCCC(NC(=O)C(Cc1ccccc1)NC(=O)C(N)CCC(=O)O)C(=O)N1CCCC1C(=O)O. The number of amides is 3. The molecule has 198 valence electrons. The molecule has 0 bridgehead atoms. The number of likely N-dealkylation sites (tertiary alicyclic amines) is 1. The van der Waals surface area contributed by atoms with Crippen LogP contribution in [0.15, 0.2) is 30.3 Å². The number of nitrogens with one attached hydrogen (secondary N) is 2. The molecule has 0 aliphatic carbocycles. The van der Waals surface area contributed by atoms with E-state index in [1.54, 1.807) is 24.3 Å². The normalized spacial score (nSPS) is 17.6. The lowest BCUT2D eigenvalue weighted by atomic mass is 10.0. The first-order valence-electron chi connectivity index (χ1n) is 11.8. The second-order valence-electron chi connectivity index (χ2n) is 8.66. The summed E-state index contributed by atoms with van der Waals surface area (Å²) < 4.78 is 0. The van der Waals surface area contributed by atoms with Gasteiger partial charge in [0, 0.05) is 19.4 Å². The molecule has 1 aromatic carbocycles. The van der Waals surface area contributed by atoms with E-state index in [2.05, 4.69) is 10.6 Å². The summed E-state index contributed by atoms with van der Waals surface area (Å²) in [6.07, 6.45) is 2.79. The molecular weight excluding hydrogens is 488 g/mol. The van der Waals surface area contributed by atoms with E-state index < -0.39 is 53.8 Å². The van der Waals surface area contributed by atoms with Gasteiger partial charge in [-0.2, -0.15) is 11.8 Å². The van der Waals surface area contributed by atoms with Crippen molar-refractivity contribution in [2.24, 2.45) is 5.73 Å². The van der Waals surface area contributed by atoms with Gasteiger partial charge in [-0.3, -0.25) is 19.2 Å². The fourth-order valence-corrected chi connectivity index (χ4v) is 4.47. The highest BCUT2D eigenvalue weighted by Gasteiger charge is 2.38. The van der Waals surface area contributed by atoms with Crippen LogP contribution in [-0.2, 0) is 30.4 Å². The third-order valence-corrected chi connectivity index (χ3v) is 6.61. The highest BCUT2D eigenvalue weighted by atomic mass is 32.2. The molecule has 4 atom stereocenters. The fraction of sp³-hybridized carbons (Fsp3) is 0.542. The lowest BCUT2D eigenvalue weighted by Gasteiger charge is -2.29. The number of hydrogen-bond donors (Lipinski definition) is 5. The molecule has 0 saturated carbocycles. The van der Waals surface area contributed by atoms with Gasteiger partial charge >= 0.3 is 11.9 Å². The van der Waals surface area contributed by atoms with Gasteiger partial charge in [0.2, 0.25) is 17.7 Å². The van der Waals surface area contributed by atoms with E-state index in [1.807, 2.05) is 12.3 Å². The lowest BCUT2D eigenvalue weighted by molar-refractivity contribution is -0.149. The largest absolute Gasteiger partial charge is 0.481 e. The van der Waals surface area contributed by atoms with Crippen molar-refractivity contribution < 1.29 is 34.2 Å². The van der Waals surface area contributed by atoms with Crippen LogP contribution in [0.5, 0.6) is 0 Å². The van der Waals surface area contributed by atoms with E-state index in [4.69, 9.17) is 10.8 Å². The Labute approximate surface area is 214 Å².